The van der Waals surface area contributed by atoms with Crippen molar-refractivity contribution in [2.75, 3.05) is 12.8 Å². The maximum Gasteiger partial charge on any atom is 0.339 e. The third-order valence-corrected chi connectivity index (χ3v) is 2.76. The summed E-state index contributed by atoms with van der Waals surface area (Å²) < 4.78 is 10.7. The van der Waals surface area contributed by atoms with Crippen LogP contribution in [0.25, 0.3) is 0 Å². The van der Waals surface area contributed by atoms with Crippen molar-refractivity contribution < 1.29 is 19.4 Å². The Labute approximate surface area is 116 Å². The van der Waals surface area contributed by atoms with Crippen molar-refractivity contribution in [2.24, 2.45) is 0 Å². The number of nitrogens with two attached hydrogens (primary N) is 1. The molecule has 0 heterocycles. The number of hydrogen-bond acceptors (Lipinski definition) is 4. The second-order valence-corrected chi connectivity index (χ2v) is 4.20. The van der Waals surface area contributed by atoms with Crippen molar-refractivity contribution in [1.82, 2.24) is 0 Å². The van der Waals surface area contributed by atoms with Gasteiger partial charge in [0.25, 0.3) is 0 Å². The molecular weight excluding hydrogens is 258 g/mol. The summed E-state index contributed by atoms with van der Waals surface area (Å²) in [5.74, 6) is -0.0805. The molecule has 0 amide bonds. The van der Waals surface area contributed by atoms with Crippen LogP contribution in [0.5, 0.6) is 11.5 Å². The van der Waals surface area contributed by atoms with Crippen LogP contribution in [0.15, 0.2) is 42.5 Å². The molecule has 2 aromatic carbocycles. The second kappa shape index (κ2) is 5.97. The lowest BCUT2D eigenvalue weighted by atomic mass is 10.2. The van der Waals surface area contributed by atoms with Gasteiger partial charge in [-0.2, -0.15) is 0 Å². The van der Waals surface area contributed by atoms with E-state index < -0.39 is 5.97 Å². The van der Waals surface area contributed by atoms with E-state index in [2.05, 4.69) is 0 Å². The van der Waals surface area contributed by atoms with Crippen molar-refractivity contribution in [3.63, 3.8) is 0 Å². The highest BCUT2D eigenvalue weighted by atomic mass is 16.5. The molecule has 20 heavy (non-hydrogen) atoms. The van der Waals surface area contributed by atoms with E-state index in [4.69, 9.17) is 20.3 Å². The third kappa shape index (κ3) is 3.20. The monoisotopic (exact) mass is 273 g/mol. The lowest BCUT2D eigenvalue weighted by molar-refractivity contribution is 0.0692. The van der Waals surface area contributed by atoms with Gasteiger partial charge >= 0.3 is 5.97 Å². The molecule has 0 bridgehead atoms. The van der Waals surface area contributed by atoms with E-state index in [-0.39, 0.29) is 17.9 Å². The minimum atomic E-state index is -1.05. The van der Waals surface area contributed by atoms with Gasteiger partial charge in [0.1, 0.15) is 23.7 Å². The fraction of sp³-hybridized carbons (Fsp3) is 0.133. The highest BCUT2D eigenvalue weighted by molar-refractivity contribution is 5.91. The number of nitrogen functional groups attached to an aromatic ring is 1. The van der Waals surface area contributed by atoms with Crippen LogP contribution in [-0.4, -0.2) is 18.2 Å². The van der Waals surface area contributed by atoms with E-state index >= 15 is 0 Å². The molecule has 5 nitrogen and oxygen atoms in total. The van der Waals surface area contributed by atoms with Gasteiger partial charge in [-0.15, -0.1) is 0 Å². The maximum atomic E-state index is 11.1. The normalized spacial score (nSPS) is 10.1. The van der Waals surface area contributed by atoms with Gasteiger partial charge in [0.2, 0.25) is 0 Å². The average molecular weight is 273 g/mol. The number of anilines is 1. The summed E-state index contributed by atoms with van der Waals surface area (Å²) in [7, 11) is 1.58. The van der Waals surface area contributed by atoms with Gasteiger partial charge in [-0.1, -0.05) is 12.1 Å². The molecule has 0 saturated heterocycles. The Hall–Kier alpha value is -2.69. The van der Waals surface area contributed by atoms with Crippen molar-refractivity contribution in [3.05, 3.63) is 53.6 Å². The van der Waals surface area contributed by atoms with Crippen LogP contribution in [0, 0.1) is 0 Å². The van der Waals surface area contributed by atoms with Crippen molar-refractivity contribution >= 4 is 11.7 Å². The summed E-state index contributed by atoms with van der Waals surface area (Å²) in [4.78, 5) is 11.1. The highest BCUT2D eigenvalue weighted by Crippen LogP contribution is 2.23. The van der Waals surface area contributed by atoms with E-state index in [1.54, 1.807) is 7.11 Å². The minimum absolute atomic E-state index is 0.0853. The van der Waals surface area contributed by atoms with Crippen LogP contribution in [-0.2, 0) is 6.61 Å². The maximum absolute atomic E-state index is 11.1. The average Bonchev–Trinajstić information content (AvgIpc) is 2.45. The fourth-order valence-corrected chi connectivity index (χ4v) is 1.76. The molecule has 5 heteroatoms. The molecule has 104 valence electrons. The van der Waals surface area contributed by atoms with Crippen LogP contribution in [0.3, 0.4) is 0 Å². The molecule has 0 aliphatic heterocycles. The molecule has 0 aliphatic rings. The zero-order valence-electron chi connectivity index (χ0n) is 11.0. The summed E-state index contributed by atoms with van der Waals surface area (Å²) in [6.45, 7) is 0.237. The standard InChI is InChI=1S/C15H15NO4/c1-19-12-4-2-3-10(7-12)9-20-14-8-11(16)5-6-13(14)15(17)18/h2-8H,9,16H2,1H3,(H,17,18). The largest absolute Gasteiger partial charge is 0.497 e. The van der Waals surface area contributed by atoms with Crippen molar-refractivity contribution in [1.29, 1.82) is 0 Å². The van der Waals surface area contributed by atoms with Crippen LogP contribution >= 0.6 is 0 Å². The van der Waals surface area contributed by atoms with E-state index in [1.165, 1.54) is 18.2 Å². The van der Waals surface area contributed by atoms with Crippen LogP contribution in [0.1, 0.15) is 15.9 Å². The van der Waals surface area contributed by atoms with Gasteiger partial charge in [0.15, 0.2) is 0 Å². The first kappa shape index (κ1) is 13.7. The lowest BCUT2D eigenvalue weighted by Crippen LogP contribution is -2.04. The smallest absolute Gasteiger partial charge is 0.339 e. The summed E-state index contributed by atoms with van der Waals surface area (Å²) in [6.07, 6.45) is 0. The molecule has 0 spiro atoms. The SMILES string of the molecule is COc1cccc(COc2cc(N)ccc2C(=O)O)c1. The molecule has 0 atom stereocenters. The van der Waals surface area contributed by atoms with Gasteiger partial charge in [-0.3, -0.25) is 0 Å². The number of methoxy groups -OCH3 is 1. The quantitative estimate of drug-likeness (QED) is 0.818. The van der Waals surface area contributed by atoms with E-state index in [9.17, 15) is 4.79 Å². The summed E-state index contributed by atoms with van der Waals surface area (Å²) in [6, 6.07) is 11.8. The number of ether oxygens (including phenoxy) is 2. The van der Waals surface area contributed by atoms with Gasteiger partial charge in [0, 0.05) is 11.8 Å². The first-order valence-electron chi connectivity index (χ1n) is 5.98. The zero-order valence-corrected chi connectivity index (χ0v) is 11.0. The molecule has 2 aromatic rings. The number of rotatable bonds is 5. The topological polar surface area (TPSA) is 81.8 Å². The third-order valence-electron chi connectivity index (χ3n) is 2.76. The lowest BCUT2D eigenvalue weighted by Gasteiger charge is -2.10. The Balaban J connectivity index is 2.17. The number of carboxylic acid groups (broad SMARTS) is 1. The van der Waals surface area contributed by atoms with Crippen LogP contribution < -0.4 is 15.2 Å². The highest BCUT2D eigenvalue weighted by Gasteiger charge is 2.11. The van der Waals surface area contributed by atoms with Crippen molar-refractivity contribution in [3.8, 4) is 11.5 Å². The number of benzene rings is 2. The Morgan fingerprint density at radius 3 is 2.75 bits per heavy atom. The Bertz CT molecular complexity index is 625. The van der Waals surface area contributed by atoms with Crippen LogP contribution in [0.2, 0.25) is 0 Å². The molecular formula is C15H15NO4. The number of carboxylic acids is 1. The Morgan fingerprint density at radius 2 is 2.05 bits per heavy atom. The molecule has 0 fully saturated rings. The minimum Gasteiger partial charge on any atom is -0.497 e. The van der Waals surface area contributed by atoms with Gasteiger partial charge < -0.3 is 20.3 Å². The van der Waals surface area contributed by atoms with Gasteiger partial charge in [0.05, 0.1) is 7.11 Å². The molecule has 2 rings (SSSR count). The van der Waals surface area contributed by atoms with E-state index in [0.29, 0.717) is 5.69 Å². The summed E-state index contributed by atoms with van der Waals surface area (Å²) >= 11 is 0. The molecule has 0 unspecified atom stereocenters. The number of hydrogen-bond donors (Lipinski definition) is 2. The molecule has 0 radical (unpaired) electrons. The number of carbonyl (C=O) groups is 1. The predicted octanol–water partition coefficient (Wildman–Crippen LogP) is 2.55. The van der Waals surface area contributed by atoms with Crippen LogP contribution in [0.4, 0.5) is 5.69 Å². The van der Waals surface area contributed by atoms with Gasteiger partial charge in [-0.25, -0.2) is 4.79 Å². The van der Waals surface area contributed by atoms with E-state index in [0.717, 1.165) is 11.3 Å². The Kier molecular flexibility index (Phi) is 4.10. The summed E-state index contributed by atoms with van der Waals surface area (Å²) in [5, 5.41) is 9.10. The molecule has 0 aromatic heterocycles. The second-order valence-electron chi connectivity index (χ2n) is 4.20. The van der Waals surface area contributed by atoms with Crippen molar-refractivity contribution in [2.45, 2.75) is 6.61 Å². The molecule has 0 saturated carbocycles. The molecule has 0 aliphatic carbocycles. The summed E-state index contributed by atoms with van der Waals surface area (Å²) in [5.41, 5.74) is 7.07. The zero-order chi connectivity index (χ0) is 14.5. The molecule has 3 N–H and O–H groups in total. The van der Waals surface area contributed by atoms with E-state index in [1.807, 2.05) is 24.3 Å². The fourth-order valence-electron chi connectivity index (χ4n) is 1.76. The Morgan fingerprint density at radius 1 is 1.25 bits per heavy atom. The predicted molar refractivity (Wildman–Crippen MR) is 75.1 cm³/mol. The first-order valence-corrected chi connectivity index (χ1v) is 5.98. The van der Waals surface area contributed by atoms with Gasteiger partial charge in [-0.05, 0) is 29.8 Å². The number of aromatic carboxylic acids is 1. The first-order chi connectivity index (χ1) is 9.60.